The zero-order valence-electron chi connectivity index (χ0n) is 26.4. The number of phosphoric acid groups is 1. The predicted molar refractivity (Wildman–Crippen MR) is 178 cm³/mol. The summed E-state index contributed by atoms with van der Waals surface area (Å²) in [5, 5.41) is 28.2. The second kappa shape index (κ2) is 14.8. The Kier molecular flexibility index (Phi) is 10.8. The summed E-state index contributed by atoms with van der Waals surface area (Å²) in [5.41, 5.74) is 1.34. The van der Waals surface area contributed by atoms with E-state index in [4.69, 9.17) is 18.6 Å². The molecule has 17 heteroatoms. The van der Waals surface area contributed by atoms with Gasteiger partial charge in [0.15, 0.2) is 15.4 Å². The number of hydrogen-bond acceptors (Lipinski definition) is 12. The summed E-state index contributed by atoms with van der Waals surface area (Å²) in [5.74, 6) is -0.509. The molecular weight excluding hydrogens is 679 g/mol. The number of fused-ring (bicyclic) bond motifs is 1. The van der Waals surface area contributed by atoms with Crippen molar-refractivity contribution in [3.8, 4) is 5.75 Å². The van der Waals surface area contributed by atoms with Crippen LogP contribution in [0.25, 0.3) is 11.0 Å². The molecule has 1 aromatic heterocycles. The Morgan fingerprint density at radius 1 is 0.939 bits per heavy atom. The van der Waals surface area contributed by atoms with Gasteiger partial charge >= 0.3 is 7.82 Å². The highest BCUT2D eigenvalue weighted by molar-refractivity contribution is 7.91. The fourth-order valence-corrected chi connectivity index (χ4v) is 6.93. The molecule has 0 bridgehead atoms. The Hall–Kier alpha value is -4.70. The fraction of sp³-hybridized carbons (Fsp3) is 0.250. The number of aliphatic hydroxyl groups is 1. The summed E-state index contributed by atoms with van der Waals surface area (Å²) in [4.78, 5) is 21.5. The van der Waals surface area contributed by atoms with E-state index in [1.165, 1.54) is 12.1 Å². The maximum absolute atomic E-state index is 13.1. The minimum Gasteiger partial charge on any atom is -0.497 e. The van der Waals surface area contributed by atoms with Gasteiger partial charge < -0.3 is 14.6 Å². The van der Waals surface area contributed by atoms with Crippen LogP contribution in [-0.4, -0.2) is 70.3 Å². The van der Waals surface area contributed by atoms with Crippen LogP contribution >= 0.6 is 7.82 Å². The molecule has 0 fully saturated rings. The Morgan fingerprint density at radius 3 is 2.16 bits per heavy atom. The van der Waals surface area contributed by atoms with Crippen molar-refractivity contribution < 1.29 is 46.5 Å². The molecule has 0 spiro atoms. The highest BCUT2D eigenvalue weighted by atomic mass is 32.2. The number of aromatic nitrogens is 3. The monoisotopic (exact) mass is 712 g/mol. The average molecular weight is 713 g/mol. The Bertz CT molecular complexity index is 2030. The average Bonchev–Trinajstić information content (AvgIpc) is 3.47. The number of rotatable bonds is 16. The van der Waals surface area contributed by atoms with Crippen molar-refractivity contribution in [2.24, 2.45) is 0 Å². The van der Waals surface area contributed by atoms with Crippen LogP contribution in [0.5, 0.6) is 5.75 Å². The molecule has 4 aromatic carbocycles. The summed E-state index contributed by atoms with van der Waals surface area (Å²) in [6.07, 6.45) is 0. The predicted octanol–water partition coefficient (Wildman–Crippen LogP) is 4.12. The Labute approximate surface area is 281 Å². The number of benzene rings is 4. The summed E-state index contributed by atoms with van der Waals surface area (Å²) in [7, 11) is -7.31. The molecule has 2 atom stereocenters. The lowest BCUT2D eigenvalue weighted by Gasteiger charge is -2.36. The van der Waals surface area contributed by atoms with E-state index in [2.05, 4.69) is 10.3 Å². The van der Waals surface area contributed by atoms with E-state index in [-0.39, 0.29) is 29.9 Å². The number of nitro groups is 1. The van der Waals surface area contributed by atoms with Gasteiger partial charge in [-0.25, -0.2) is 13.0 Å². The van der Waals surface area contributed by atoms with Crippen LogP contribution in [-0.2, 0) is 35.9 Å². The van der Waals surface area contributed by atoms with Crippen LogP contribution in [0.2, 0.25) is 0 Å². The largest absolute Gasteiger partial charge is 0.547 e. The third kappa shape index (κ3) is 8.13. The molecule has 0 saturated heterocycles. The van der Waals surface area contributed by atoms with Crippen LogP contribution in [0.15, 0.2) is 91.0 Å². The highest BCUT2D eigenvalue weighted by Crippen LogP contribution is 2.42. The van der Waals surface area contributed by atoms with Crippen molar-refractivity contribution >= 4 is 34.4 Å². The standard InChI is InChI=1S/C32H33N4O11PS/c1-23-20-29-31(30(21-23)36(38)39)33-34-35(29)47-48(40,41)46-17-19-49(42,43)18-16-45-32(25-6-4-3-5-7-25,26-10-8-24(22-37)9-11-26)27-12-14-28(44-2)15-13-27/h3-15,20-21,37H,16-19,22H2,1-2H3,(H,40,41). The molecule has 0 amide bonds. The summed E-state index contributed by atoms with van der Waals surface area (Å²) < 4.78 is 60.6. The van der Waals surface area contributed by atoms with Crippen LogP contribution in [0.3, 0.4) is 0 Å². The molecule has 0 aliphatic rings. The number of sulfone groups is 1. The lowest BCUT2D eigenvalue weighted by molar-refractivity contribution is -0.383. The molecule has 0 saturated carbocycles. The van der Waals surface area contributed by atoms with Gasteiger partial charge in [-0.15, -0.1) is 5.10 Å². The smallest absolute Gasteiger partial charge is 0.497 e. The van der Waals surface area contributed by atoms with Gasteiger partial charge in [0.2, 0.25) is 0 Å². The van der Waals surface area contributed by atoms with Crippen LogP contribution in [0.4, 0.5) is 5.69 Å². The van der Waals surface area contributed by atoms with Crippen molar-refractivity contribution in [1.82, 2.24) is 15.2 Å². The minimum absolute atomic E-state index is 0.0564. The van der Waals surface area contributed by atoms with Crippen LogP contribution < -0.4 is 9.36 Å². The van der Waals surface area contributed by atoms with E-state index in [9.17, 15) is 33.1 Å². The zero-order chi connectivity index (χ0) is 35.2. The lowest BCUT2D eigenvalue weighted by Crippen LogP contribution is -2.35. The molecule has 1 heterocycles. The number of aryl methyl sites for hydroxylation is 1. The van der Waals surface area contributed by atoms with Crippen molar-refractivity contribution in [3.05, 3.63) is 129 Å². The number of non-ortho nitro benzene ring substituents is 1. The van der Waals surface area contributed by atoms with Gasteiger partial charge in [0.1, 0.15) is 16.9 Å². The second-order valence-electron chi connectivity index (χ2n) is 10.9. The van der Waals surface area contributed by atoms with Crippen LogP contribution in [0, 0.1) is 17.0 Å². The third-order valence-electron chi connectivity index (χ3n) is 7.60. The fourth-order valence-electron chi connectivity index (χ4n) is 5.24. The molecule has 15 nitrogen and oxygen atoms in total. The number of phosphoric ester groups is 1. The molecule has 49 heavy (non-hydrogen) atoms. The number of methoxy groups -OCH3 is 1. The van der Waals surface area contributed by atoms with E-state index in [1.807, 2.05) is 54.6 Å². The number of hydrogen-bond donors (Lipinski definition) is 2. The lowest BCUT2D eigenvalue weighted by atomic mass is 9.79. The molecule has 2 N–H and O–H groups in total. The molecular formula is C32H33N4O11PS. The van der Waals surface area contributed by atoms with E-state index < -0.39 is 46.3 Å². The number of nitro benzene ring substituents is 1. The number of aliphatic hydroxyl groups excluding tert-OH is 1. The topological polar surface area (TPSA) is 202 Å². The van der Waals surface area contributed by atoms with E-state index in [0.717, 1.165) is 5.56 Å². The van der Waals surface area contributed by atoms with Crippen LogP contribution in [0.1, 0.15) is 27.8 Å². The van der Waals surface area contributed by atoms with Gasteiger partial charge in [0, 0.05) is 6.07 Å². The van der Waals surface area contributed by atoms with Crippen molar-refractivity contribution in [2.75, 3.05) is 31.8 Å². The summed E-state index contributed by atoms with van der Waals surface area (Å²) >= 11 is 0. The number of ether oxygens (including phenoxy) is 2. The minimum atomic E-state index is -4.95. The molecule has 0 aliphatic carbocycles. The normalized spacial score (nSPS) is 14.2. The molecule has 5 aromatic rings. The van der Waals surface area contributed by atoms with Crippen molar-refractivity contribution in [2.45, 2.75) is 19.1 Å². The van der Waals surface area contributed by atoms with Gasteiger partial charge in [-0.05, 0) is 58.2 Å². The first-order valence-electron chi connectivity index (χ1n) is 14.8. The van der Waals surface area contributed by atoms with E-state index >= 15 is 0 Å². The van der Waals surface area contributed by atoms with Crippen molar-refractivity contribution in [3.63, 3.8) is 0 Å². The van der Waals surface area contributed by atoms with Gasteiger partial charge in [-0.3, -0.25) is 24.2 Å². The summed E-state index contributed by atoms with van der Waals surface area (Å²) in [6, 6.07) is 26.3. The van der Waals surface area contributed by atoms with Gasteiger partial charge in [0.05, 0.1) is 43.4 Å². The van der Waals surface area contributed by atoms with E-state index in [1.54, 1.807) is 38.3 Å². The first kappa shape index (κ1) is 35.6. The Balaban J connectivity index is 1.31. The first-order valence-corrected chi connectivity index (χ1v) is 18.1. The highest BCUT2D eigenvalue weighted by Gasteiger charge is 2.38. The SMILES string of the molecule is COc1ccc(C(OCCS(=O)(=O)CCOP(=O)(O)On2nnc3c([N+](=O)[O-])cc(C)cc32)(c2ccccc2)c2ccc(CO)cc2)cc1. The van der Waals surface area contributed by atoms with Crippen molar-refractivity contribution in [1.29, 1.82) is 0 Å². The molecule has 0 radical (unpaired) electrons. The Morgan fingerprint density at radius 2 is 1.55 bits per heavy atom. The van der Waals surface area contributed by atoms with E-state index in [0.29, 0.717) is 32.8 Å². The molecule has 258 valence electrons. The maximum atomic E-state index is 13.1. The maximum Gasteiger partial charge on any atom is 0.547 e. The molecule has 5 rings (SSSR count). The number of nitrogens with zero attached hydrogens (tertiary/aromatic N) is 4. The first-order chi connectivity index (χ1) is 23.4. The zero-order valence-corrected chi connectivity index (χ0v) is 28.1. The van der Waals surface area contributed by atoms with Gasteiger partial charge in [-0.1, -0.05) is 71.6 Å². The second-order valence-corrected chi connectivity index (χ2v) is 14.5. The van der Waals surface area contributed by atoms with Gasteiger partial charge in [-0.2, -0.15) is 0 Å². The third-order valence-corrected chi connectivity index (χ3v) is 10.1. The van der Waals surface area contributed by atoms with Gasteiger partial charge in [0.25, 0.3) is 5.69 Å². The quantitative estimate of drug-likeness (QED) is 0.0641. The molecule has 0 aliphatic heterocycles. The molecule has 2 unspecified atom stereocenters. The summed E-state index contributed by atoms with van der Waals surface area (Å²) in [6.45, 7) is 0.418.